The van der Waals surface area contributed by atoms with Gasteiger partial charge in [-0.3, -0.25) is 32.3 Å². The van der Waals surface area contributed by atoms with E-state index in [0.29, 0.717) is 5.56 Å². The maximum atomic E-state index is 16.5. The molecule has 1 amide bonds. The zero-order valence-corrected chi connectivity index (χ0v) is 37.8. The first-order chi connectivity index (χ1) is 30.4. The Bertz CT molecular complexity index is 2660. The lowest BCUT2D eigenvalue weighted by atomic mass is 10.1. The number of phosphoric acid groups is 1. The lowest BCUT2D eigenvalue weighted by Crippen LogP contribution is -2.50. The van der Waals surface area contributed by atoms with Crippen LogP contribution in [-0.2, 0) is 41.1 Å². The fraction of sp³-hybridized carbons (Fsp3) is 0.486. The molecule has 27 heteroatoms. The van der Waals surface area contributed by atoms with Crippen LogP contribution in [0, 0.1) is 17.1 Å². The number of hydrogen-bond donors (Lipinski definition) is 4. The Labute approximate surface area is 364 Å². The highest BCUT2D eigenvalue weighted by Gasteiger charge is 2.55. The first-order valence-corrected chi connectivity index (χ1v) is 25.3. The molecule has 0 bridgehead atoms. The first kappa shape index (κ1) is 47.3. The summed E-state index contributed by atoms with van der Waals surface area (Å²) in [6, 6.07) is 10.1. The number of aromatic amines is 1. The standard InChI is InChI=1S/C37H45F2N9O13P2Si/c1-37(2,3)64(4,5)61-28-22(15-49)57-36(47-14-21(38)24-31(47)42-18-44-34(24)51)29(28)60-63(54,55-13-9-12-40)56-16-23-27(59-62(52)53)25(39)35(58-23)48-19-45-26-30(41-17-43-32(26)48)46-33(50)20-10-7-6-8-11-20/h6-8,10-11,14,17-19,22-23,25,27-29,35-36,49,62H,9,13,15-16H2,1-5H3,(H,52,53)(H,42,44,51)(H,41,43,46,50)/t22-,23?,25-,27-,28?,29-,35-,36-,63?/m1/s1. The molecule has 5 aromatic rings. The third kappa shape index (κ3) is 9.64. The molecule has 4 N–H and O–H groups in total. The van der Waals surface area contributed by atoms with Crippen molar-refractivity contribution in [3.63, 3.8) is 0 Å². The minimum atomic E-state index is -5.04. The Morgan fingerprint density at radius 3 is 2.48 bits per heavy atom. The number of nitrogens with one attached hydrogen (secondary N) is 2. The van der Waals surface area contributed by atoms with E-state index in [4.69, 9.17) is 32.0 Å². The van der Waals surface area contributed by atoms with Gasteiger partial charge in [-0.15, -0.1) is 0 Å². The van der Waals surface area contributed by atoms with Crippen LogP contribution in [0.15, 0.2) is 60.3 Å². The average molecular weight is 952 g/mol. The number of halogens is 2. The van der Waals surface area contributed by atoms with Gasteiger partial charge in [0.1, 0.15) is 42.2 Å². The predicted molar refractivity (Wildman–Crippen MR) is 223 cm³/mol. The van der Waals surface area contributed by atoms with Crippen LogP contribution in [-0.4, -0.2) is 115 Å². The number of alkyl halides is 1. The van der Waals surface area contributed by atoms with Crippen molar-refractivity contribution in [3.8, 4) is 6.07 Å². The second kappa shape index (κ2) is 19.0. The van der Waals surface area contributed by atoms with E-state index in [1.165, 1.54) is 0 Å². The Balaban J connectivity index is 1.21. The molecule has 0 saturated carbocycles. The van der Waals surface area contributed by atoms with Crippen molar-refractivity contribution in [1.82, 2.24) is 34.1 Å². The molecule has 64 heavy (non-hydrogen) atoms. The van der Waals surface area contributed by atoms with Crippen molar-refractivity contribution in [2.45, 2.75) is 94.5 Å². The van der Waals surface area contributed by atoms with Crippen LogP contribution in [0.3, 0.4) is 0 Å². The van der Waals surface area contributed by atoms with E-state index >= 15 is 8.78 Å². The van der Waals surface area contributed by atoms with Crippen LogP contribution in [0.5, 0.6) is 0 Å². The molecule has 0 spiro atoms. The second-order valence-corrected chi connectivity index (χ2v) is 23.3. The molecule has 0 aliphatic carbocycles. The van der Waals surface area contributed by atoms with Crippen LogP contribution in [0.4, 0.5) is 14.6 Å². The number of imidazole rings is 1. The Morgan fingerprint density at radius 1 is 1.06 bits per heavy atom. The number of nitriles is 1. The summed E-state index contributed by atoms with van der Waals surface area (Å²) < 4.78 is 103. The molecule has 7 rings (SSSR count). The molecule has 2 aliphatic rings. The number of anilines is 1. The van der Waals surface area contributed by atoms with Gasteiger partial charge in [0.25, 0.3) is 11.5 Å². The summed E-state index contributed by atoms with van der Waals surface area (Å²) in [5, 5.41) is 21.7. The zero-order valence-electron chi connectivity index (χ0n) is 34.9. The van der Waals surface area contributed by atoms with E-state index in [9.17, 15) is 34.0 Å². The maximum Gasteiger partial charge on any atom is 0.475 e. The minimum absolute atomic E-state index is 0.0132. The highest BCUT2D eigenvalue weighted by Crippen LogP contribution is 2.56. The van der Waals surface area contributed by atoms with Crippen molar-refractivity contribution >= 4 is 58.3 Å². The number of phosphoric ester groups is 1. The van der Waals surface area contributed by atoms with Gasteiger partial charge < -0.3 is 43.3 Å². The number of hydrogen-bond acceptors (Lipinski definition) is 17. The van der Waals surface area contributed by atoms with Gasteiger partial charge in [0.05, 0.1) is 45.0 Å². The SMILES string of the molecule is CC(C)(C)[Si](C)(C)OC1[C@@H](OP(=O)(OCCC#N)OCC2O[C@@H](n3cnc4c(NC(=O)c5ccccc5)ncnc43)[C@H](F)[C@@H]2O[PH](=O)O)[C@H](n2cc(F)c3c(=O)[nH]cnc32)O[C@@H]1CO. The second-order valence-electron chi connectivity index (χ2n) is 16.2. The van der Waals surface area contributed by atoms with Gasteiger partial charge in [0.15, 0.2) is 55.4 Å². The molecular formula is C37H45F2N9O13P2Si. The third-order valence-corrected chi connectivity index (χ3v) is 17.5. The number of fused-ring (bicyclic) bond motifs is 2. The molecule has 6 heterocycles. The van der Waals surface area contributed by atoms with Crippen molar-refractivity contribution in [3.05, 3.63) is 77.2 Å². The van der Waals surface area contributed by atoms with Gasteiger partial charge in [0.2, 0.25) is 0 Å². The number of H-pyrrole nitrogens is 1. The fourth-order valence-electron chi connectivity index (χ4n) is 6.92. The van der Waals surface area contributed by atoms with Crippen LogP contribution in [0.2, 0.25) is 18.1 Å². The number of carbonyl (C=O) groups is 1. The van der Waals surface area contributed by atoms with Crippen LogP contribution < -0.4 is 10.9 Å². The number of nitrogens with zero attached hydrogens (tertiary/aromatic N) is 7. The van der Waals surface area contributed by atoms with Crippen molar-refractivity contribution in [1.29, 1.82) is 5.26 Å². The molecule has 1 aromatic carbocycles. The average Bonchev–Trinajstić information content (AvgIpc) is 4.00. The van der Waals surface area contributed by atoms with Gasteiger partial charge in [-0.25, -0.2) is 33.3 Å². The minimum Gasteiger partial charge on any atom is -0.408 e. The van der Waals surface area contributed by atoms with Gasteiger partial charge in [-0.1, -0.05) is 39.0 Å². The van der Waals surface area contributed by atoms with Crippen molar-refractivity contribution < 1.29 is 64.7 Å². The molecule has 344 valence electrons. The summed E-state index contributed by atoms with van der Waals surface area (Å²) >= 11 is 0. The lowest BCUT2D eigenvalue weighted by Gasteiger charge is -2.40. The molecule has 4 unspecified atom stereocenters. The number of ether oxygens (including phenoxy) is 2. The molecule has 22 nitrogen and oxygen atoms in total. The number of benzene rings is 1. The van der Waals surface area contributed by atoms with E-state index in [1.807, 2.05) is 39.9 Å². The summed E-state index contributed by atoms with van der Waals surface area (Å²) in [5.74, 6) is -1.52. The van der Waals surface area contributed by atoms with E-state index in [-0.39, 0.29) is 29.0 Å². The van der Waals surface area contributed by atoms with Gasteiger partial charge in [-0.05, 0) is 30.3 Å². The Kier molecular flexibility index (Phi) is 14.1. The zero-order chi connectivity index (χ0) is 46.1. The monoisotopic (exact) mass is 951 g/mol. The third-order valence-electron chi connectivity index (χ3n) is 11.1. The first-order valence-electron chi connectivity index (χ1n) is 19.7. The number of amides is 1. The summed E-state index contributed by atoms with van der Waals surface area (Å²) in [5.41, 5.74) is -0.667. The van der Waals surface area contributed by atoms with E-state index in [2.05, 4.69) is 30.2 Å². The number of aliphatic hydroxyl groups is 1. The number of rotatable bonds is 17. The Morgan fingerprint density at radius 2 is 1.80 bits per heavy atom. The van der Waals surface area contributed by atoms with E-state index < -0.39 is 121 Å². The Hall–Kier alpha value is -4.67. The molecule has 10 atom stereocenters. The highest BCUT2D eigenvalue weighted by atomic mass is 31.2. The van der Waals surface area contributed by atoms with Gasteiger partial charge in [-0.2, -0.15) is 5.26 Å². The molecule has 4 aromatic heterocycles. The molecule has 2 aliphatic heterocycles. The van der Waals surface area contributed by atoms with Crippen LogP contribution >= 0.6 is 16.1 Å². The summed E-state index contributed by atoms with van der Waals surface area (Å²) in [4.78, 5) is 54.4. The highest BCUT2D eigenvalue weighted by molar-refractivity contribution is 7.48. The smallest absolute Gasteiger partial charge is 0.408 e. The topological polar surface area (TPSA) is 286 Å². The quantitative estimate of drug-likeness (QED) is 0.0559. The van der Waals surface area contributed by atoms with Crippen molar-refractivity contribution in [2.24, 2.45) is 0 Å². The van der Waals surface area contributed by atoms with Gasteiger partial charge >= 0.3 is 16.1 Å². The molecule has 2 saturated heterocycles. The number of carbonyl (C=O) groups excluding carboxylic acids is 1. The lowest BCUT2D eigenvalue weighted by molar-refractivity contribution is -0.0614. The molecule has 2 fully saturated rings. The van der Waals surface area contributed by atoms with Crippen LogP contribution in [0.25, 0.3) is 22.2 Å². The largest absolute Gasteiger partial charge is 0.475 e. The van der Waals surface area contributed by atoms with E-state index in [0.717, 1.165) is 34.3 Å². The summed E-state index contributed by atoms with van der Waals surface area (Å²) in [6.45, 7) is 7.50. The summed E-state index contributed by atoms with van der Waals surface area (Å²) in [6.07, 6.45) is -9.04. The van der Waals surface area contributed by atoms with Crippen LogP contribution in [0.1, 0.15) is 50.0 Å². The molecular weight excluding hydrogens is 906 g/mol. The number of aromatic nitrogens is 7. The maximum absolute atomic E-state index is 16.5. The van der Waals surface area contributed by atoms with Gasteiger partial charge in [0, 0.05) is 11.8 Å². The van der Waals surface area contributed by atoms with E-state index in [1.54, 1.807) is 30.3 Å². The number of aliphatic hydroxyl groups excluding tert-OH is 1. The normalized spacial score (nSPS) is 25.4. The predicted octanol–water partition coefficient (Wildman–Crippen LogP) is 4.68. The fourth-order valence-corrected chi connectivity index (χ4v) is 10.1. The van der Waals surface area contributed by atoms with Crippen molar-refractivity contribution in [2.75, 3.05) is 25.1 Å². The molecule has 0 radical (unpaired) electrons. The summed E-state index contributed by atoms with van der Waals surface area (Å²) in [7, 11) is -11.7.